The monoisotopic (exact) mass is 352 g/mol. The summed E-state index contributed by atoms with van der Waals surface area (Å²) in [6.45, 7) is 4.10. The van der Waals surface area contributed by atoms with E-state index < -0.39 is 0 Å². The van der Waals surface area contributed by atoms with Crippen LogP contribution >= 0.6 is 22.6 Å². The first kappa shape index (κ1) is 11.8. The standard InChI is InChI=1S/C14H13IN2O/c1-7-3-4-10-9-5-6-11(17-16)8(2)13(9)18-14(10)12(7)15/h3-6,17H,16H2,1-2H3. The fourth-order valence-electron chi connectivity index (χ4n) is 2.26. The van der Waals surface area contributed by atoms with Gasteiger partial charge in [-0.25, -0.2) is 0 Å². The molecule has 1 heterocycles. The minimum Gasteiger partial charge on any atom is -0.455 e. The van der Waals surface area contributed by atoms with E-state index >= 15 is 0 Å². The van der Waals surface area contributed by atoms with Crippen molar-refractivity contribution in [1.82, 2.24) is 0 Å². The van der Waals surface area contributed by atoms with Gasteiger partial charge in [0.25, 0.3) is 0 Å². The van der Waals surface area contributed by atoms with Crippen LogP contribution in [0.3, 0.4) is 0 Å². The molecule has 0 saturated heterocycles. The first-order valence-electron chi connectivity index (χ1n) is 5.71. The van der Waals surface area contributed by atoms with Crippen molar-refractivity contribution in [1.29, 1.82) is 0 Å². The van der Waals surface area contributed by atoms with Crippen LogP contribution in [0.25, 0.3) is 21.9 Å². The molecule has 0 aliphatic carbocycles. The summed E-state index contributed by atoms with van der Waals surface area (Å²) in [5.41, 5.74) is 7.73. The molecule has 0 radical (unpaired) electrons. The molecule has 3 rings (SSSR count). The molecule has 0 saturated carbocycles. The number of anilines is 1. The second-order valence-electron chi connectivity index (χ2n) is 4.43. The van der Waals surface area contributed by atoms with E-state index in [0.717, 1.165) is 33.2 Å². The van der Waals surface area contributed by atoms with Crippen molar-refractivity contribution in [2.75, 3.05) is 5.43 Å². The molecule has 0 aliphatic rings. The van der Waals surface area contributed by atoms with Gasteiger partial charge < -0.3 is 9.84 Å². The predicted octanol–water partition coefficient (Wildman–Crippen LogP) is 4.09. The van der Waals surface area contributed by atoms with Gasteiger partial charge in [-0.15, -0.1) is 0 Å². The Bertz CT molecular complexity index is 761. The highest BCUT2D eigenvalue weighted by Crippen LogP contribution is 2.36. The van der Waals surface area contributed by atoms with Crippen molar-refractivity contribution >= 4 is 50.2 Å². The molecule has 0 fully saturated rings. The Morgan fingerprint density at radius 2 is 1.72 bits per heavy atom. The van der Waals surface area contributed by atoms with Gasteiger partial charge in [0, 0.05) is 16.3 Å². The molecule has 3 N–H and O–H groups in total. The minimum absolute atomic E-state index is 0.897. The summed E-state index contributed by atoms with van der Waals surface area (Å²) in [7, 11) is 0. The maximum Gasteiger partial charge on any atom is 0.149 e. The van der Waals surface area contributed by atoms with Gasteiger partial charge in [0.2, 0.25) is 0 Å². The van der Waals surface area contributed by atoms with Gasteiger partial charge in [0.05, 0.1) is 9.26 Å². The summed E-state index contributed by atoms with van der Waals surface area (Å²) in [6.07, 6.45) is 0. The van der Waals surface area contributed by atoms with E-state index in [1.807, 2.05) is 13.0 Å². The van der Waals surface area contributed by atoms with E-state index in [1.165, 1.54) is 9.13 Å². The molecule has 0 unspecified atom stereocenters. The van der Waals surface area contributed by atoms with Crippen LogP contribution in [0, 0.1) is 17.4 Å². The molecule has 3 aromatic rings. The van der Waals surface area contributed by atoms with Crippen LogP contribution in [0.15, 0.2) is 28.7 Å². The van der Waals surface area contributed by atoms with Gasteiger partial charge >= 0.3 is 0 Å². The van der Waals surface area contributed by atoms with Crippen molar-refractivity contribution in [2.45, 2.75) is 13.8 Å². The Morgan fingerprint density at radius 1 is 1.06 bits per heavy atom. The van der Waals surface area contributed by atoms with Crippen LogP contribution in [-0.4, -0.2) is 0 Å². The number of hydrogen-bond donors (Lipinski definition) is 2. The summed E-state index contributed by atoms with van der Waals surface area (Å²) in [4.78, 5) is 0. The van der Waals surface area contributed by atoms with Crippen molar-refractivity contribution in [3.05, 3.63) is 39.0 Å². The average molecular weight is 352 g/mol. The largest absolute Gasteiger partial charge is 0.455 e. The minimum atomic E-state index is 0.897. The molecule has 0 amide bonds. The third-order valence-electron chi connectivity index (χ3n) is 3.35. The Labute approximate surface area is 118 Å². The lowest BCUT2D eigenvalue weighted by molar-refractivity contribution is 0.663. The predicted molar refractivity (Wildman–Crippen MR) is 83.7 cm³/mol. The second-order valence-corrected chi connectivity index (χ2v) is 5.51. The van der Waals surface area contributed by atoms with Crippen LogP contribution < -0.4 is 11.3 Å². The summed E-state index contributed by atoms with van der Waals surface area (Å²) >= 11 is 2.33. The van der Waals surface area contributed by atoms with Crippen LogP contribution in [0.2, 0.25) is 0 Å². The Hall–Kier alpha value is -1.27. The number of aryl methyl sites for hydroxylation is 2. The summed E-state index contributed by atoms with van der Waals surface area (Å²) in [5, 5.41) is 2.30. The highest BCUT2D eigenvalue weighted by atomic mass is 127. The van der Waals surface area contributed by atoms with Gasteiger partial charge in [0.1, 0.15) is 11.2 Å². The number of benzene rings is 2. The summed E-state index contributed by atoms with van der Waals surface area (Å²) < 4.78 is 7.20. The second kappa shape index (κ2) is 4.13. The zero-order chi connectivity index (χ0) is 12.9. The maximum absolute atomic E-state index is 6.03. The third-order valence-corrected chi connectivity index (χ3v) is 4.69. The Morgan fingerprint density at radius 3 is 2.44 bits per heavy atom. The molecule has 1 aromatic heterocycles. The van der Waals surface area contributed by atoms with Crippen molar-refractivity contribution in [3.8, 4) is 0 Å². The lowest BCUT2D eigenvalue weighted by Gasteiger charge is -2.03. The fourth-order valence-corrected chi connectivity index (χ4v) is 2.84. The highest BCUT2D eigenvalue weighted by Gasteiger charge is 2.14. The van der Waals surface area contributed by atoms with Gasteiger partial charge in [-0.1, -0.05) is 12.1 Å². The van der Waals surface area contributed by atoms with E-state index in [4.69, 9.17) is 10.3 Å². The lowest BCUT2D eigenvalue weighted by Crippen LogP contribution is -2.07. The van der Waals surface area contributed by atoms with Crippen LogP contribution in [-0.2, 0) is 0 Å². The van der Waals surface area contributed by atoms with Crippen LogP contribution in [0.1, 0.15) is 11.1 Å². The molecule has 0 bridgehead atoms. The molecule has 18 heavy (non-hydrogen) atoms. The van der Waals surface area contributed by atoms with Crippen LogP contribution in [0.4, 0.5) is 5.69 Å². The first-order chi connectivity index (χ1) is 8.63. The Balaban J connectivity index is 2.50. The van der Waals surface area contributed by atoms with Crippen LogP contribution in [0.5, 0.6) is 0 Å². The number of fused-ring (bicyclic) bond motifs is 3. The van der Waals surface area contributed by atoms with E-state index in [0.29, 0.717) is 0 Å². The molecule has 0 spiro atoms. The average Bonchev–Trinajstić information content (AvgIpc) is 2.75. The number of hydrogen-bond acceptors (Lipinski definition) is 3. The smallest absolute Gasteiger partial charge is 0.149 e. The molecule has 2 aromatic carbocycles. The SMILES string of the molecule is Cc1ccc2c(oc3c(C)c(NN)ccc32)c1I. The van der Waals surface area contributed by atoms with Crippen molar-refractivity contribution in [3.63, 3.8) is 0 Å². The number of nitrogen functional groups attached to an aromatic ring is 1. The molecular weight excluding hydrogens is 339 g/mol. The number of furan rings is 1. The number of nitrogens with one attached hydrogen (secondary N) is 1. The van der Waals surface area contributed by atoms with Crippen molar-refractivity contribution in [2.24, 2.45) is 5.84 Å². The summed E-state index contributed by atoms with van der Waals surface area (Å²) in [6, 6.07) is 8.28. The van der Waals surface area contributed by atoms with Gasteiger partial charge in [0.15, 0.2) is 0 Å². The Kier molecular flexibility index (Phi) is 2.71. The zero-order valence-electron chi connectivity index (χ0n) is 10.2. The van der Waals surface area contributed by atoms with E-state index in [2.05, 4.69) is 53.1 Å². The van der Waals surface area contributed by atoms with E-state index in [9.17, 15) is 0 Å². The summed E-state index contributed by atoms with van der Waals surface area (Å²) in [5.74, 6) is 5.50. The van der Waals surface area contributed by atoms with Crippen molar-refractivity contribution < 1.29 is 4.42 Å². The van der Waals surface area contributed by atoms with Gasteiger partial charge in [-0.05, 0) is 54.1 Å². The maximum atomic E-state index is 6.03. The van der Waals surface area contributed by atoms with E-state index in [-0.39, 0.29) is 0 Å². The van der Waals surface area contributed by atoms with Gasteiger partial charge in [-0.3, -0.25) is 5.84 Å². The number of nitrogens with two attached hydrogens (primary N) is 1. The van der Waals surface area contributed by atoms with Gasteiger partial charge in [-0.2, -0.15) is 0 Å². The third kappa shape index (κ3) is 1.52. The normalized spacial score (nSPS) is 11.3. The number of hydrazine groups is 1. The lowest BCUT2D eigenvalue weighted by atomic mass is 10.1. The highest BCUT2D eigenvalue weighted by molar-refractivity contribution is 14.1. The number of rotatable bonds is 1. The first-order valence-corrected chi connectivity index (χ1v) is 6.79. The molecule has 0 aliphatic heterocycles. The quantitative estimate of drug-likeness (QED) is 0.394. The zero-order valence-corrected chi connectivity index (χ0v) is 12.3. The van der Waals surface area contributed by atoms with E-state index in [1.54, 1.807) is 0 Å². The fraction of sp³-hybridized carbons (Fsp3) is 0.143. The molecule has 0 atom stereocenters. The molecule has 92 valence electrons. The number of halogens is 1. The molecular formula is C14H13IN2O. The molecule has 4 heteroatoms. The molecule has 3 nitrogen and oxygen atoms in total. The topological polar surface area (TPSA) is 51.2 Å².